The Bertz CT molecular complexity index is 230. The predicted molar refractivity (Wildman–Crippen MR) is 39.8 cm³/mol. The van der Waals surface area contributed by atoms with Gasteiger partial charge in [-0.1, -0.05) is 11.6 Å². The van der Waals surface area contributed by atoms with Crippen LogP contribution in [0.2, 0.25) is 0 Å². The zero-order valence-corrected chi connectivity index (χ0v) is 6.32. The van der Waals surface area contributed by atoms with Crippen LogP contribution >= 0.6 is 11.6 Å². The summed E-state index contributed by atoms with van der Waals surface area (Å²) in [6, 6.07) is 0. The van der Waals surface area contributed by atoms with Crippen LogP contribution in [0.15, 0.2) is 23.3 Å². The molecule has 1 unspecified atom stereocenters. The first-order valence-corrected chi connectivity index (χ1v) is 3.40. The Morgan fingerprint density at radius 3 is 2.73 bits per heavy atom. The number of carbonyl (C=O) groups is 1. The summed E-state index contributed by atoms with van der Waals surface area (Å²) in [5.74, 6) is -3.06. The maximum atomic E-state index is 10.3. The van der Waals surface area contributed by atoms with Crippen molar-refractivity contribution in [2.24, 2.45) is 5.92 Å². The van der Waals surface area contributed by atoms with E-state index in [4.69, 9.17) is 21.8 Å². The number of hydrogen-bond donors (Lipinski definition) is 2. The number of allylic oxidation sites excluding steroid dienone is 2. The molecule has 0 spiro atoms. The molecule has 0 bridgehead atoms. The molecule has 4 heteroatoms. The monoisotopic (exact) mass is 174 g/mol. The highest BCUT2D eigenvalue weighted by atomic mass is 35.5. The van der Waals surface area contributed by atoms with Crippen LogP contribution in [0.3, 0.4) is 0 Å². The average molecular weight is 175 g/mol. The van der Waals surface area contributed by atoms with Crippen molar-refractivity contribution in [1.82, 2.24) is 0 Å². The van der Waals surface area contributed by atoms with Gasteiger partial charge in [-0.25, -0.2) is 0 Å². The molecule has 60 valence electrons. The van der Waals surface area contributed by atoms with Crippen LogP contribution in [0.1, 0.15) is 0 Å². The van der Waals surface area contributed by atoms with Crippen molar-refractivity contribution in [2.45, 2.75) is 5.79 Å². The highest BCUT2D eigenvalue weighted by molar-refractivity contribution is 6.31. The number of aldehydes is 1. The molecular formula is C7H7ClO3. The van der Waals surface area contributed by atoms with E-state index in [0.29, 0.717) is 11.3 Å². The maximum Gasteiger partial charge on any atom is 0.196 e. The van der Waals surface area contributed by atoms with Crippen LogP contribution < -0.4 is 0 Å². The quantitative estimate of drug-likeness (QED) is 0.440. The number of aliphatic hydroxyl groups is 2. The minimum absolute atomic E-state index is 0.334. The lowest BCUT2D eigenvalue weighted by Crippen LogP contribution is -2.36. The zero-order chi connectivity index (χ0) is 8.48. The van der Waals surface area contributed by atoms with Crippen LogP contribution in [0.25, 0.3) is 0 Å². The molecule has 0 saturated heterocycles. The van der Waals surface area contributed by atoms with Gasteiger partial charge in [0.05, 0.1) is 5.92 Å². The minimum atomic E-state index is -2.08. The fourth-order valence-corrected chi connectivity index (χ4v) is 1.00. The Morgan fingerprint density at radius 1 is 1.64 bits per heavy atom. The summed E-state index contributed by atoms with van der Waals surface area (Å²) >= 11 is 5.51. The molecule has 0 saturated carbocycles. The van der Waals surface area contributed by atoms with E-state index in [1.54, 1.807) is 0 Å². The topological polar surface area (TPSA) is 57.5 Å². The Kier molecular flexibility index (Phi) is 2.13. The summed E-state index contributed by atoms with van der Waals surface area (Å²) in [6.07, 6.45) is 4.14. The van der Waals surface area contributed by atoms with Crippen molar-refractivity contribution in [2.75, 3.05) is 0 Å². The summed E-state index contributed by atoms with van der Waals surface area (Å²) in [5, 5.41) is 18.5. The molecule has 0 amide bonds. The molecule has 1 rings (SSSR count). The second-order valence-electron chi connectivity index (χ2n) is 2.33. The smallest absolute Gasteiger partial charge is 0.196 e. The van der Waals surface area contributed by atoms with Gasteiger partial charge in [0, 0.05) is 5.03 Å². The molecule has 1 aliphatic rings. The molecule has 3 nitrogen and oxygen atoms in total. The Balaban J connectivity index is 2.92. The second kappa shape index (κ2) is 2.77. The van der Waals surface area contributed by atoms with E-state index in [0.717, 1.165) is 6.08 Å². The van der Waals surface area contributed by atoms with Gasteiger partial charge in [0.25, 0.3) is 0 Å². The Labute approximate surface area is 68.6 Å². The fraction of sp³-hybridized carbons (Fsp3) is 0.286. The average Bonchev–Trinajstić information content (AvgIpc) is 1.94. The molecule has 0 aliphatic heterocycles. The van der Waals surface area contributed by atoms with Crippen LogP contribution in [0, 0.1) is 5.92 Å². The van der Waals surface area contributed by atoms with E-state index in [1.165, 1.54) is 12.2 Å². The summed E-state index contributed by atoms with van der Waals surface area (Å²) in [4.78, 5) is 10.3. The molecule has 0 aromatic heterocycles. The first-order chi connectivity index (χ1) is 5.06. The predicted octanol–water partition coefficient (Wildman–Crippen LogP) is 0.175. The van der Waals surface area contributed by atoms with Crippen LogP contribution in [-0.2, 0) is 4.79 Å². The molecule has 11 heavy (non-hydrogen) atoms. The highest BCUT2D eigenvalue weighted by Crippen LogP contribution is 2.24. The number of halogens is 1. The number of hydrogen-bond acceptors (Lipinski definition) is 3. The molecule has 0 radical (unpaired) electrons. The first kappa shape index (κ1) is 8.46. The molecule has 1 aliphatic carbocycles. The molecular weight excluding hydrogens is 168 g/mol. The van der Waals surface area contributed by atoms with Crippen molar-refractivity contribution >= 4 is 17.9 Å². The van der Waals surface area contributed by atoms with Gasteiger partial charge in [-0.3, -0.25) is 0 Å². The maximum absolute atomic E-state index is 10.3. The molecule has 0 aromatic carbocycles. The second-order valence-corrected chi connectivity index (χ2v) is 2.77. The summed E-state index contributed by atoms with van der Waals surface area (Å²) < 4.78 is 0. The first-order valence-electron chi connectivity index (χ1n) is 3.03. The third-order valence-corrected chi connectivity index (χ3v) is 1.72. The fourth-order valence-electron chi connectivity index (χ4n) is 0.803. The van der Waals surface area contributed by atoms with Gasteiger partial charge in [0.15, 0.2) is 5.79 Å². The van der Waals surface area contributed by atoms with E-state index < -0.39 is 11.7 Å². The van der Waals surface area contributed by atoms with Crippen LogP contribution in [0.5, 0.6) is 0 Å². The van der Waals surface area contributed by atoms with Gasteiger partial charge in [-0.2, -0.15) is 0 Å². The van der Waals surface area contributed by atoms with Crippen LogP contribution in [0.4, 0.5) is 0 Å². The summed E-state index contributed by atoms with van der Waals surface area (Å²) in [6.45, 7) is 0. The lowest BCUT2D eigenvalue weighted by molar-refractivity contribution is -0.154. The lowest BCUT2D eigenvalue weighted by Gasteiger charge is -2.24. The SMILES string of the molecule is O=CC1C=C(Cl)C=CC1(O)O. The lowest BCUT2D eigenvalue weighted by atomic mass is 9.96. The van der Waals surface area contributed by atoms with Gasteiger partial charge >= 0.3 is 0 Å². The number of carbonyl (C=O) groups excluding carboxylic acids is 1. The van der Waals surface area contributed by atoms with Gasteiger partial charge < -0.3 is 15.0 Å². The van der Waals surface area contributed by atoms with Crippen molar-refractivity contribution in [3.05, 3.63) is 23.3 Å². The van der Waals surface area contributed by atoms with E-state index >= 15 is 0 Å². The van der Waals surface area contributed by atoms with E-state index in [1.807, 2.05) is 0 Å². The third kappa shape index (κ3) is 1.68. The van der Waals surface area contributed by atoms with E-state index in [9.17, 15) is 4.79 Å². The Hall–Kier alpha value is -0.640. The van der Waals surface area contributed by atoms with E-state index in [2.05, 4.69) is 0 Å². The standard InChI is InChI=1S/C7H7ClO3/c8-6-1-2-7(10,11)5(3-6)4-9/h1-5,10-11H. The van der Waals surface area contributed by atoms with Gasteiger partial charge in [0.1, 0.15) is 6.29 Å². The van der Waals surface area contributed by atoms with Crippen molar-refractivity contribution in [1.29, 1.82) is 0 Å². The van der Waals surface area contributed by atoms with Crippen molar-refractivity contribution in [3.63, 3.8) is 0 Å². The van der Waals surface area contributed by atoms with Gasteiger partial charge in [-0.15, -0.1) is 0 Å². The van der Waals surface area contributed by atoms with Crippen LogP contribution in [-0.4, -0.2) is 22.3 Å². The highest BCUT2D eigenvalue weighted by Gasteiger charge is 2.32. The molecule has 0 fully saturated rings. The van der Waals surface area contributed by atoms with Gasteiger partial charge in [0.2, 0.25) is 0 Å². The summed E-state index contributed by atoms with van der Waals surface area (Å²) in [5.41, 5.74) is 0. The summed E-state index contributed by atoms with van der Waals surface area (Å²) in [7, 11) is 0. The third-order valence-electron chi connectivity index (χ3n) is 1.46. The van der Waals surface area contributed by atoms with Gasteiger partial charge in [-0.05, 0) is 18.2 Å². The normalized spacial score (nSPS) is 27.9. The minimum Gasteiger partial charge on any atom is -0.362 e. The Morgan fingerprint density at radius 2 is 2.27 bits per heavy atom. The van der Waals surface area contributed by atoms with Crippen molar-refractivity contribution < 1.29 is 15.0 Å². The van der Waals surface area contributed by atoms with Crippen molar-refractivity contribution in [3.8, 4) is 0 Å². The van der Waals surface area contributed by atoms with E-state index in [-0.39, 0.29) is 0 Å². The molecule has 0 heterocycles. The molecule has 0 aromatic rings. The molecule has 2 N–H and O–H groups in total. The number of rotatable bonds is 1. The zero-order valence-electron chi connectivity index (χ0n) is 5.57. The largest absolute Gasteiger partial charge is 0.362 e. The molecule has 1 atom stereocenters.